The molecule has 0 amide bonds. The van der Waals surface area contributed by atoms with Crippen molar-refractivity contribution in [2.75, 3.05) is 13.2 Å². The van der Waals surface area contributed by atoms with E-state index >= 15 is 0 Å². The standard InChI is InChI=1S/C10H18O/c1-4-10(9(2)3)6-5-7-11-8-10/h5-6,9H,4,7-8H2,1-3H3. The van der Waals surface area contributed by atoms with Crippen molar-refractivity contribution in [3.63, 3.8) is 0 Å². The highest BCUT2D eigenvalue weighted by Crippen LogP contribution is 2.35. The Morgan fingerprint density at radius 2 is 2.27 bits per heavy atom. The summed E-state index contributed by atoms with van der Waals surface area (Å²) in [4.78, 5) is 0. The van der Waals surface area contributed by atoms with Gasteiger partial charge in [-0.25, -0.2) is 0 Å². The Kier molecular flexibility index (Phi) is 2.72. The van der Waals surface area contributed by atoms with Crippen LogP contribution in [0.1, 0.15) is 27.2 Å². The summed E-state index contributed by atoms with van der Waals surface area (Å²) in [6.45, 7) is 8.47. The molecule has 0 N–H and O–H groups in total. The minimum absolute atomic E-state index is 0.318. The molecular formula is C10H18O. The van der Waals surface area contributed by atoms with Crippen LogP contribution in [0, 0.1) is 11.3 Å². The lowest BCUT2D eigenvalue weighted by atomic mass is 9.75. The Morgan fingerprint density at radius 3 is 2.55 bits per heavy atom. The first-order valence-corrected chi connectivity index (χ1v) is 4.47. The predicted molar refractivity (Wildman–Crippen MR) is 47.5 cm³/mol. The summed E-state index contributed by atoms with van der Waals surface area (Å²) in [6.07, 6.45) is 5.66. The van der Waals surface area contributed by atoms with Gasteiger partial charge in [0.15, 0.2) is 0 Å². The summed E-state index contributed by atoms with van der Waals surface area (Å²) < 4.78 is 5.45. The zero-order valence-corrected chi connectivity index (χ0v) is 7.76. The van der Waals surface area contributed by atoms with Crippen molar-refractivity contribution >= 4 is 0 Å². The first-order chi connectivity index (χ1) is 5.21. The second-order valence-corrected chi connectivity index (χ2v) is 3.66. The van der Waals surface area contributed by atoms with Crippen LogP contribution in [-0.4, -0.2) is 13.2 Å². The van der Waals surface area contributed by atoms with Gasteiger partial charge in [0.2, 0.25) is 0 Å². The van der Waals surface area contributed by atoms with Gasteiger partial charge < -0.3 is 4.74 Å². The van der Waals surface area contributed by atoms with Gasteiger partial charge in [-0.1, -0.05) is 32.9 Å². The van der Waals surface area contributed by atoms with E-state index in [1.807, 2.05) is 0 Å². The van der Waals surface area contributed by atoms with E-state index in [0.29, 0.717) is 11.3 Å². The van der Waals surface area contributed by atoms with Crippen LogP contribution in [0.5, 0.6) is 0 Å². The van der Waals surface area contributed by atoms with Gasteiger partial charge in [-0.05, 0) is 12.3 Å². The average molecular weight is 154 g/mol. The molecule has 1 rings (SSSR count). The van der Waals surface area contributed by atoms with Gasteiger partial charge >= 0.3 is 0 Å². The third-order valence-electron chi connectivity index (χ3n) is 2.84. The van der Waals surface area contributed by atoms with Gasteiger partial charge in [0.05, 0.1) is 13.2 Å². The molecule has 1 aliphatic heterocycles. The first kappa shape index (κ1) is 8.79. The Hall–Kier alpha value is -0.300. The largest absolute Gasteiger partial charge is 0.376 e. The highest BCUT2D eigenvalue weighted by atomic mass is 16.5. The van der Waals surface area contributed by atoms with E-state index in [1.165, 1.54) is 6.42 Å². The van der Waals surface area contributed by atoms with Crippen LogP contribution in [0.15, 0.2) is 12.2 Å². The van der Waals surface area contributed by atoms with Crippen molar-refractivity contribution in [1.82, 2.24) is 0 Å². The molecule has 0 aromatic heterocycles. The summed E-state index contributed by atoms with van der Waals surface area (Å²) >= 11 is 0. The smallest absolute Gasteiger partial charge is 0.0648 e. The Morgan fingerprint density at radius 1 is 1.55 bits per heavy atom. The zero-order chi connectivity index (χ0) is 8.32. The molecule has 1 atom stereocenters. The van der Waals surface area contributed by atoms with Gasteiger partial charge in [0, 0.05) is 5.41 Å². The highest BCUT2D eigenvalue weighted by molar-refractivity contribution is 5.03. The van der Waals surface area contributed by atoms with E-state index in [9.17, 15) is 0 Å². The monoisotopic (exact) mass is 154 g/mol. The van der Waals surface area contributed by atoms with E-state index in [0.717, 1.165) is 13.2 Å². The van der Waals surface area contributed by atoms with Crippen molar-refractivity contribution in [3.05, 3.63) is 12.2 Å². The normalized spacial score (nSPS) is 31.3. The van der Waals surface area contributed by atoms with Crippen LogP contribution >= 0.6 is 0 Å². The molecule has 1 heteroatoms. The lowest BCUT2D eigenvalue weighted by Gasteiger charge is -2.35. The van der Waals surface area contributed by atoms with E-state index in [-0.39, 0.29) is 0 Å². The third kappa shape index (κ3) is 1.64. The number of rotatable bonds is 2. The zero-order valence-electron chi connectivity index (χ0n) is 7.76. The van der Waals surface area contributed by atoms with Gasteiger partial charge in [-0.3, -0.25) is 0 Å². The number of hydrogen-bond acceptors (Lipinski definition) is 1. The van der Waals surface area contributed by atoms with Crippen LogP contribution in [0.2, 0.25) is 0 Å². The summed E-state index contributed by atoms with van der Waals surface area (Å²) in [5, 5.41) is 0. The molecule has 1 heterocycles. The molecule has 0 saturated heterocycles. The van der Waals surface area contributed by atoms with Gasteiger partial charge in [0.1, 0.15) is 0 Å². The third-order valence-corrected chi connectivity index (χ3v) is 2.84. The lowest BCUT2D eigenvalue weighted by molar-refractivity contribution is 0.0430. The average Bonchev–Trinajstić information content (AvgIpc) is 2.05. The van der Waals surface area contributed by atoms with Crippen molar-refractivity contribution < 1.29 is 4.74 Å². The van der Waals surface area contributed by atoms with Crippen molar-refractivity contribution in [2.45, 2.75) is 27.2 Å². The molecular weight excluding hydrogens is 136 g/mol. The molecule has 1 aliphatic rings. The summed E-state index contributed by atoms with van der Waals surface area (Å²) in [5.74, 6) is 0.684. The highest BCUT2D eigenvalue weighted by Gasteiger charge is 2.30. The molecule has 11 heavy (non-hydrogen) atoms. The SMILES string of the molecule is CCC1(C(C)C)C=CCOC1. The second-order valence-electron chi connectivity index (χ2n) is 3.66. The van der Waals surface area contributed by atoms with Crippen LogP contribution in [-0.2, 0) is 4.74 Å². The fourth-order valence-corrected chi connectivity index (χ4v) is 1.64. The molecule has 0 bridgehead atoms. The van der Waals surface area contributed by atoms with Crippen LogP contribution in [0.4, 0.5) is 0 Å². The van der Waals surface area contributed by atoms with E-state index < -0.39 is 0 Å². The van der Waals surface area contributed by atoms with Gasteiger partial charge in [-0.15, -0.1) is 0 Å². The molecule has 1 nitrogen and oxygen atoms in total. The van der Waals surface area contributed by atoms with Crippen molar-refractivity contribution in [2.24, 2.45) is 11.3 Å². The molecule has 64 valence electrons. The van der Waals surface area contributed by atoms with Crippen molar-refractivity contribution in [1.29, 1.82) is 0 Å². The summed E-state index contributed by atoms with van der Waals surface area (Å²) in [5.41, 5.74) is 0.318. The molecule has 1 unspecified atom stereocenters. The maximum absolute atomic E-state index is 5.45. The van der Waals surface area contributed by atoms with E-state index in [2.05, 4.69) is 32.9 Å². The Labute approximate surface area is 69.4 Å². The number of ether oxygens (including phenoxy) is 1. The minimum Gasteiger partial charge on any atom is -0.376 e. The molecule has 0 fully saturated rings. The Bertz CT molecular complexity index is 149. The minimum atomic E-state index is 0.318. The van der Waals surface area contributed by atoms with Crippen LogP contribution in [0.3, 0.4) is 0 Å². The topological polar surface area (TPSA) is 9.23 Å². The maximum atomic E-state index is 5.45. The summed E-state index contributed by atoms with van der Waals surface area (Å²) in [6, 6.07) is 0. The quantitative estimate of drug-likeness (QED) is 0.555. The van der Waals surface area contributed by atoms with E-state index in [4.69, 9.17) is 4.74 Å². The van der Waals surface area contributed by atoms with Crippen LogP contribution < -0.4 is 0 Å². The van der Waals surface area contributed by atoms with Crippen molar-refractivity contribution in [3.8, 4) is 0 Å². The Balaban J connectivity index is 2.73. The fraction of sp³-hybridized carbons (Fsp3) is 0.800. The van der Waals surface area contributed by atoms with Gasteiger partial charge in [-0.2, -0.15) is 0 Å². The molecule has 0 radical (unpaired) electrons. The molecule has 0 aromatic carbocycles. The molecule has 0 aliphatic carbocycles. The molecule has 0 spiro atoms. The summed E-state index contributed by atoms with van der Waals surface area (Å²) in [7, 11) is 0. The number of hydrogen-bond donors (Lipinski definition) is 0. The molecule has 0 aromatic rings. The fourth-order valence-electron chi connectivity index (χ4n) is 1.64. The second kappa shape index (κ2) is 3.40. The van der Waals surface area contributed by atoms with Gasteiger partial charge in [0.25, 0.3) is 0 Å². The lowest BCUT2D eigenvalue weighted by Crippen LogP contribution is -2.32. The first-order valence-electron chi connectivity index (χ1n) is 4.47. The van der Waals surface area contributed by atoms with E-state index in [1.54, 1.807) is 0 Å². The molecule has 0 saturated carbocycles. The predicted octanol–water partition coefficient (Wildman–Crippen LogP) is 2.63. The maximum Gasteiger partial charge on any atom is 0.0648 e. The van der Waals surface area contributed by atoms with Crippen LogP contribution in [0.25, 0.3) is 0 Å².